The largest absolute Gasteiger partial charge is 0.389 e. The molecular weight excluding hydrogens is 202 g/mol. The van der Waals surface area contributed by atoms with Gasteiger partial charge in [-0.1, -0.05) is 27.7 Å². The van der Waals surface area contributed by atoms with Gasteiger partial charge in [0.05, 0.1) is 18.8 Å². The summed E-state index contributed by atoms with van der Waals surface area (Å²) in [5.41, 5.74) is 0. The van der Waals surface area contributed by atoms with Crippen LogP contribution in [0, 0.1) is 17.8 Å². The Balaban J connectivity index is 2.16. The van der Waals surface area contributed by atoms with Crippen molar-refractivity contribution in [3.05, 3.63) is 0 Å². The van der Waals surface area contributed by atoms with E-state index in [2.05, 4.69) is 33.0 Å². The molecule has 0 aliphatic carbocycles. The molecule has 16 heavy (non-hydrogen) atoms. The van der Waals surface area contributed by atoms with Gasteiger partial charge >= 0.3 is 0 Å². The Kier molecular flexibility index (Phi) is 3.57. The zero-order valence-corrected chi connectivity index (χ0v) is 10.8. The molecule has 0 aromatic carbocycles. The predicted octanol–water partition coefficient (Wildman–Crippen LogP) is 1.40. The first-order chi connectivity index (χ1) is 7.50. The molecular formula is C13H25NO2. The summed E-state index contributed by atoms with van der Waals surface area (Å²) in [6, 6.07) is 0.708. The molecule has 0 radical (unpaired) electrons. The van der Waals surface area contributed by atoms with Crippen molar-refractivity contribution in [1.29, 1.82) is 0 Å². The lowest BCUT2D eigenvalue weighted by Crippen LogP contribution is -2.64. The average Bonchev–Trinajstić information content (AvgIpc) is 2.22. The van der Waals surface area contributed by atoms with Crippen LogP contribution in [-0.4, -0.2) is 36.0 Å². The van der Waals surface area contributed by atoms with E-state index in [1.807, 2.05) is 0 Å². The topological polar surface area (TPSA) is 41.5 Å². The number of hydrogen-bond acceptors (Lipinski definition) is 3. The standard InChI is InChI=1S/C13H25NO2/c1-7(2)12-11-5-9(10(15)6-16-11)14-13(12)8(3)4/h7-15H,5-6H2,1-4H3/t9-,10-,11-,12?,13?/m1/s1. The molecule has 2 aliphatic rings. The van der Waals surface area contributed by atoms with Crippen molar-refractivity contribution < 1.29 is 9.84 Å². The first-order valence-electron chi connectivity index (χ1n) is 6.56. The highest BCUT2D eigenvalue weighted by molar-refractivity contribution is 4.99. The molecule has 2 aliphatic heterocycles. The molecule has 3 heteroatoms. The summed E-state index contributed by atoms with van der Waals surface area (Å²) in [7, 11) is 0. The van der Waals surface area contributed by atoms with Gasteiger partial charge in [0.2, 0.25) is 0 Å². The van der Waals surface area contributed by atoms with E-state index in [4.69, 9.17) is 4.74 Å². The maximum Gasteiger partial charge on any atom is 0.0927 e. The summed E-state index contributed by atoms with van der Waals surface area (Å²) in [4.78, 5) is 0. The number of aliphatic hydroxyl groups is 1. The third kappa shape index (κ3) is 2.13. The van der Waals surface area contributed by atoms with Crippen molar-refractivity contribution in [2.24, 2.45) is 17.8 Å². The van der Waals surface area contributed by atoms with Crippen LogP contribution >= 0.6 is 0 Å². The van der Waals surface area contributed by atoms with E-state index in [0.717, 1.165) is 6.42 Å². The van der Waals surface area contributed by atoms with Crippen LogP contribution in [0.25, 0.3) is 0 Å². The van der Waals surface area contributed by atoms with E-state index in [1.54, 1.807) is 0 Å². The fourth-order valence-electron chi connectivity index (χ4n) is 3.33. The lowest BCUT2D eigenvalue weighted by molar-refractivity contribution is -0.139. The number of ether oxygens (including phenoxy) is 1. The molecule has 2 rings (SSSR count). The van der Waals surface area contributed by atoms with Crippen molar-refractivity contribution in [1.82, 2.24) is 5.32 Å². The van der Waals surface area contributed by atoms with Crippen LogP contribution in [0.1, 0.15) is 34.1 Å². The minimum Gasteiger partial charge on any atom is -0.389 e. The Morgan fingerprint density at radius 3 is 2.44 bits per heavy atom. The van der Waals surface area contributed by atoms with Gasteiger partial charge in [-0.15, -0.1) is 0 Å². The quantitative estimate of drug-likeness (QED) is 0.749. The second kappa shape index (κ2) is 4.63. The Hall–Kier alpha value is -0.120. The number of aliphatic hydroxyl groups excluding tert-OH is 1. The number of rotatable bonds is 2. The number of nitrogens with one attached hydrogen (secondary N) is 1. The molecule has 2 N–H and O–H groups in total. The molecule has 94 valence electrons. The molecule has 2 heterocycles. The normalized spacial score (nSPS) is 44.1. The van der Waals surface area contributed by atoms with Crippen molar-refractivity contribution >= 4 is 0 Å². The third-order valence-electron chi connectivity index (χ3n) is 4.17. The van der Waals surface area contributed by atoms with Gasteiger partial charge in [0, 0.05) is 18.0 Å². The number of hydrogen-bond donors (Lipinski definition) is 2. The van der Waals surface area contributed by atoms with Crippen molar-refractivity contribution in [3.63, 3.8) is 0 Å². The van der Waals surface area contributed by atoms with Gasteiger partial charge in [-0.05, 0) is 18.3 Å². The molecule has 2 fully saturated rings. The minimum absolute atomic E-state index is 0.237. The molecule has 0 amide bonds. The Labute approximate surface area is 98.6 Å². The van der Waals surface area contributed by atoms with Crippen LogP contribution < -0.4 is 5.32 Å². The molecule has 0 aromatic rings. The summed E-state index contributed by atoms with van der Waals surface area (Å²) in [6.45, 7) is 9.55. The van der Waals surface area contributed by atoms with Gasteiger partial charge < -0.3 is 15.2 Å². The molecule has 2 bridgehead atoms. The fourth-order valence-corrected chi connectivity index (χ4v) is 3.33. The monoisotopic (exact) mass is 227 g/mol. The Bertz CT molecular complexity index is 242. The smallest absolute Gasteiger partial charge is 0.0927 e. The molecule has 0 aromatic heterocycles. The predicted molar refractivity (Wildman–Crippen MR) is 64.2 cm³/mol. The lowest BCUT2D eigenvalue weighted by atomic mass is 9.72. The summed E-state index contributed by atoms with van der Waals surface area (Å²) in [5.74, 6) is 1.79. The van der Waals surface area contributed by atoms with E-state index in [0.29, 0.717) is 36.5 Å². The zero-order chi connectivity index (χ0) is 11.9. The second-order valence-electron chi connectivity index (χ2n) is 6.04. The van der Waals surface area contributed by atoms with Gasteiger partial charge in [-0.3, -0.25) is 0 Å². The maximum atomic E-state index is 9.86. The maximum absolute atomic E-state index is 9.86. The highest BCUT2D eigenvalue weighted by Gasteiger charge is 2.45. The summed E-state index contributed by atoms with van der Waals surface area (Å²) >= 11 is 0. The first-order valence-corrected chi connectivity index (χ1v) is 6.56. The van der Waals surface area contributed by atoms with Crippen LogP contribution in [0.15, 0.2) is 0 Å². The van der Waals surface area contributed by atoms with Gasteiger partial charge in [0.15, 0.2) is 0 Å². The molecule has 0 spiro atoms. The summed E-state index contributed by atoms with van der Waals surface area (Å²) in [5, 5.41) is 13.5. The van der Waals surface area contributed by atoms with Crippen LogP contribution in [0.3, 0.4) is 0 Å². The van der Waals surface area contributed by atoms with Gasteiger partial charge in [0.1, 0.15) is 0 Å². The minimum atomic E-state index is -0.328. The molecule has 2 unspecified atom stereocenters. The van der Waals surface area contributed by atoms with E-state index in [9.17, 15) is 5.11 Å². The summed E-state index contributed by atoms with van der Waals surface area (Å²) in [6.07, 6.45) is 0.973. The van der Waals surface area contributed by atoms with Crippen LogP contribution in [0.4, 0.5) is 0 Å². The van der Waals surface area contributed by atoms with Crippen LogP contribution in [-0.2, 0) is 4.74 Å². The third-order valence-corrected chi connectivity index (χ3v) is 4.17. The average molecular weight is 227 g/mol. The van der Waals surface area contributed by atoms with Crippen LogP contribution in [0.5, 0.6) is 0 Å². The first kappa shape index (κ1) is 12.3. The number of fused-ring (bicyclic) bond motifs is 2. The number of piperidine rings is 1. The zero-order valence-electron chi connectivity index (χ0n) is 10.8. The van der Waals surface area contributed by atoms with E-state index >= 15 is 0 Å². The lowest BCUT2D eigenvalue weighted by Gasteiger charge is -2.50. The summed E-state index contributed by atoms with van der Waals surface area (Å²) < 4.78 is 5.83. The highest BCUT2D eigenvalue weighted by Crippen LogP contribution is 2.36. The second-order valence-corrected chi connectivity index (χ2v) is 6.04. The van der Waals surface area contributed by atoms with Crippen LogP contribution in [0.2, 0.25) is 0 Å². The van der Waals surface area contributed by atoms with E-state index in [1.165, 1.54) is 0 Å². The molecule has 5 atom stereocenters. The Morgan fingerprint density at radius 2 is 1.88 bits per heavy atom. The van der Waals surface area contributed by atoms with Gasteiger partial charge in [-0.2, -0.15) is 0 Å². The van der Waals surface area contributed by atoms with E-state index < -0.39 is 0 Å². The molecule has 2 saturated heterocycles. The van der Waals surface area contributed by atoms with Crippen molar-refractivity contribution in [2.75, 3.05) is 6.61 Å². The van der Waals surface area contributed by atoms with Gasteiger partial charge in [0.25, 0.3) is 0 Å². The van der Waals surface area contributed by atoms with Gasteiger partial charge in [-0.25, -0.2) is 0 Å². The highest BCUT2D eigenvalue weighted by atomic mass is 16.5. The molecule has 3 nitrogen and oxygen atoms in total. The Morgan fingerprint density at radius 1 is 1.19 bits per heavy atom. The van der Waals surface area contributed by atoms with Crippen molar-refractivity contribution in [3.8, 4) is 0 Å². The molecule has 0 saturated carbocycles. The van der Waals surface area contributed by atoms with E-state index in [-0.39, 0.29) is 12.1 Å². The van der Waals surface area contributed by atoms with Crippen molar-refractivity contribution in [2.45, 2.75) is 58.4 Å². The fraction of sp³-hybridized carbons (Fsp3) is 1.00. The SMILES string of the molecule is CC(C)C1N[C@@H]2C[C@@H](OC[C@H]2O)C1C(C)C.